The lowest BCUT2D eigenvalue weighted by molar-refractivity contribution is 0.438. The maximum atomic E-state index is 3.84. The smallest absolute Gasteiger partial charge is 0.0417 e. The number of fused-ring (bicyclic) bond motifs is 1. The molecule has 1 heterocycles. The predicted molar refractivity (Wildman–Crippen MR) is 85.7 cm³/mol. The zero-order chi connectivity index (χ0) is 13.2. The van der Waals surface area contributed by atoms with Gasteiger partial charge in [-0.05, 0) is 47.9 Å². The van der Waals surface area contributed by atoms with E-state index in [1.54, 1.807) is 0 Å². The Balaban J connectivity index is 1.81. The molecule has 1 N–H and O–H groups in total. The van der Waals surface area contributed by atoms with Gasteiger partial charge in [-0.15, -0.1) is 11.3 Å². The summed E-state index contributed by atoms with van der Waals surface area (Å²) in [7, 11) is 0. The minimum absolute atomic E-state index is 0.481. The molecule has 1 aromatic heterocycles. The van der Waals surface area contributed by atoms with E-state index < -0.39 is 0 Å². The zero-order valence-electron chi connectivity index (χ0n) is 11.0. The number of nitrogens with one attached hydrogen (secondary N) is 1. The molecular weight excluding hydrogens is 318 g/mol. The Morgan fingerprint density at radius 1 is 1.37 bits per heavy atom. The number of rotatable bonds is 4. The highest BCUT2D eigenvalue weighted by molar-refractivity contribution is 9.10. The number of hydrogen-bond donors (Lipinski definition) is 1. The summed E-state index contributed by atoms with van der Waals surface area (Å²) in [6, 6.07) is 11.9. The third kappa shape index (κ3) is 2.64. The number of thiophene rings is 1. The van der Waals surface area contributed by atoms with E-state index in [-0.39, 0.29) is 0 Å². The molecule has 0 spiro atoms. The van der Waals surface area contributed by atoms with Crippen LogP contribution in [0.4, 0.5) is 0 Å². The molecule has 0 saturated carbocycles. The van der Waals surface area contributed by atoms with E-state index in [1.165, 1.54) is 33.3 Å². The molecule has 1 aliphatic carbocycles. The summed E-state index contributed by atoms with van der Waals surface area (Å²) in [5.74, 6) is 0. The second kappa shape index (κ2) is 5.78. The van der Waals surface area contributed by atoms with Crippen LogP contribution in [0.25, 0.3) is 0 Å². The summed E-state index contributed by atoms with van der Waals surface area (Å²) in [4.78, 5) is 1.45. The van der Waals surface area contributed by atoms with Gasteiger partial charge in [-0.3, -0.25) is 0 Å². The summed E-state index contributed by atoms with van der Waals surface area (Å²) in [6.45, 7) is 2.26. The monoisotopic (exact) mass is 335 g/mol. The first kappa shape index (κ1) is 13.3. The fourth-order valence-electron chi connectivity index (χ4n) is 2.92. The molecular formula is C16H18BrNS. The Labute approximate surface area is 127 Å². The standard InChI is InChI=1S/C16H18BrNS/c1-2-14(16-7-4-10-19-16)18-15-9-8-11-12(15)5-3-6-13(11)17/h3-7,10,14-15,18H,2,8-9H2,1H3. The van der Waals surface area contributed by atoms with Crippen molar-refractivity contribution in [3.8, 4) is 0 Å². The van der Waals surface area contributed by atoms with E-state index in [9.17, 15) is 0 Å². The van der Waals surface area contributed by atoms with Crippen LogP contribution in [0.15, 0.2) is 40.2 Å². The summed E-state index contributed by atoms with van der Waals surface area (Å²) < 4.78 is 1.26. The Hall–Kier alpha value is -0.640. The Kier molecular flexibility index (Phi) is 4.06. The topological polar surface area (TPSA) is 12.0 Å². The van der Waals surface area contributed by atoms with Gasteiger partial charge >= 0.3 is 0 Å². The van der Waals surface area contributed by atoms with Gasteiger partial charge in [0, 0.05) is 21.4 Å². The maximum absolute atomic E-state index is 3.84. The third-order valence-corrected chi connectivity index (χ3v) is 5.64. The minimum atomic E-state index is 0.481. The summed E-state index contributed by atoms with van der Waals surface area (Å²) in [5.41, 5.74) is 2.96. The number of hydrogen-bond acceptors (Lipinski definition) is 2. The van der Waals surface area contributed by atoms with Crippen LogP contribution in [0.3, 0.4) is 0 Å². The van der Waals surface area contributed by atoms with Crippen molar-refractivity contribution in [3.63, 3.8) is 0 Å². The van der Waals surface area contributed by atoms with Gasteiger partial charge in [-0.1, -0.05) is 41.1 Å². The fraction of sp³-hybridized carbons (Fsp3) is 0.375. The van der Waals surface area contributed by atoms with Gasteiger partial charge in [0.25, 0.3) is 0 Å². The van der Waals surface area contributed by atoms with Crippen LogP contribution in [-0.2, 0) is 6.42 Å². The molecule has 0 radical (unpaired) electrons. The molecule has 19 heavy (non-hydrogen) atoms. The van der Waals surface area contributed by atoms with Gasteiger partial charge < -0.3 is 5.32 Å². The molecule has 2 atom stereocenters. The van der Waals surface area contributed by atoms with Crippen molar-refractivity contribution >= 4 is 27.3 Å². The molecule has 3 heteroatoms. The zero-order valence-corrected chi connectivity index (χ0v) is 13.4. The van der Waals surface area contributed by atoms with Crippen LogP contribution in [-0.4, -0.2) is 0 Å². The Bertz CT molecular complexity index is 550. The highest BCUT2D eigenvalue weighted by Gasteiger charge is 2.26. The van der Waals surface area contributed by atoms with Crippen molar-refractivity contribution in [3.05, 3.63) is 56.2 Å². The average molecular weight is 336 g/mol. The lowest BCUT2D eigenvalue weighted by Gasteiger charge is -2.22. The van der Waals surface area contributed by atoms with Crippen LogP contribution in [0.1, 0.15) is 47.9 Å². The first-order chi connectivity index (χ1) is 9.29. The van der Waals surface area contributed by atoms with Gasteiger partial charge in [-0.2, -0.15) is 0 Å². The van der Waals surface area contributed by atoms with Crippen molar-refractivity contribution in [2.75, 3.05) is 0 Å². The SMILES string of the molecule is CCC(NC1CCc2c(Br)cccc21)c1cccs1. The minimum Gasteiger partial charge on any atom is -0.302 e. The molecule has 0 bridgehead atoms. The van der Waals surface area contributed by atoms with Crippen molar-refractivity contribution in [2.24, 2.45) is 0 Å². The van der Waals surface area contributed by atoms with Crippen LogP contribution >= 0.6 is 27.3 Å². The second-order valence-corrected chi connectivity index (χ2v) is 6.88. The average Bonchev–Trinajstić information content (AvgIpc) is 3.06. The molecule has 0 aliphatic heterocycles. The highest BCUT2D eigenvalue weighted by atomic mass is 79.9. The number of benzene rings is 1. The van der Waals surface area contributed by atoms with Gasteiger partial charge in [0.15, 0.2) is 0 Å². The quantitative estimate of drug-likeness (QED) is 0.805. The van der Waals surface area contributed by atoms with E-state index in [2.05, 4.69) is 63.9 Å². The van der Waals surface area contributed by atoms with Crippen molar-refractivity contribution in [1.82, 2.24) is 5.32 Å². The molecule has 100 valence electrons. The second-order valence-electron chi connectivity index (χ2n) is 5.04. The molecule has 2 unspecified atom stereocenters. The van der Waals surface area contributed by atoms with Gasteiger partial charge in [0.2, 0.25) is 0 Å². The largest absolute Gasteiger partial charge is 0.302 e. The van der Waals surface area contributed by atoms with Crippen molar-refractivity contribution < 1.29 is 0 Å². The van der Waals surface area contributed by atoms with E-state index in [0.29, 0.717) is 12.1 Å². The van der Waals surface area contributed by atoms with Gasteiger partial charge in [0.05, 0.1) is 0 Å². The van der Waals surface area contributed by atoms with Crippen molar-refractivity contribution in [1.29, 1.82) is 0 Å². The van der Waals surface area contributed by atoms with E-state index in [0.717, 1.165) is 6.42 Å². The fourth-order valence-corrected chi connectivity index (χ4v) is 4.37. The van der Waals surface area contributed by atoms with Crippen molar-refractivity contribution in [2.45, 2.75) is 38.3 Å². The van der Waals surface area contributed by atoms with E-state index >= 15 is 0 Å². The molecule has 0 amide bonds. The van der Waals surface area contributed by atoms with E-state index in [1.807, 2.05) is 11.3 Å². The lowest BCUT2D eigenvalue weighted by atomic mass is 10.1. The summed E-state index contributed by atoms with van der Waals surface area (Å²) in [5, 5.41) is 6.01. The lowest BCUT2D eigenvalue weighted by Crippen LogP contribution is -2.24. The Morgan fingerprint density at radius 2 is 2.26 bits per heavy atom. The molecule has 2 aromatic rings. The summed E-state index contributed by atoms with van der Waals surface area (Å²) >= 11 is 5.52. The molecule has 0 saturated heterocycles. The molecule has 1 aromatic carbocycles. The van der Waals surface area contributed by atoms with Crippen LogP contribution in [0.2, 0.25) is 0 Å². The number of halogens is 1. The molecule has 0 fully saturated rings. The summed E-state index contributed by atoms with van der Waals surface area (Å²) in [6.07, 6.45) is 3.52. The Morgan fingerprint density at radius 3 is 3.00 bits per heavy atom. The van der Waals surface area contributed by atoms with E-state index in [4.69, 9.17) is 0 Å². The first-order valence-corrected chi connectivity index (χ1v) is 8.53. The molecule has 1 nitrogen and oxygen atoms in total. The van der Waals surface area contributed by atoms with Gasteiger partial charge in [0.1, 0.15) is 0 Å². The van der Waals surface area contributed by atoms with Gasteiger partial charge in [-0.25, -0.2) is 0 Å². The normalized spacial score (nSPS) is 19.4. The van der Waals surface area contributed by atoms with Crippen LogP contribution in [0.5, 0.6) is 0 Å². The highest BCUT2D eigenvalue weighted by Crippen LogP contribution is 2.37. The maximum Gasteiger partial charge on any atom is 0.0417 e. The molecule has 1 aliphatic rings. The van der Waals surface area contributed by atoms with Crippen LogP contribution in [0, 0.1) is 0 Å². The predicted octanol–water partition coefficient (Wildman–Crippen LogP) is 5.24. The first-order valence-electron chi connectivity index (χ1n) is 6.86. The molecule has 3 rings (SSSR count). The third-order valence-electron chi connectivity index (χ3n) is 3.91. The van der Waals surface area contributed by atoms with Crippen LogP contribution < -0.4 is 5.32 Å².